The first-order valence-electron chi connectivity index (χ1n) is 7.82. The molecule has 0 N–H and O–H groups in total. The largest absolute Gasteiger partial charge is 0.496 e. The Hall–Kier alpha value is -2.31. The Kier molecular flexibility index (Phi) is 5.01. The predicted molar refractivity (Wildman–Crippen MR) is 87.2 cm³/mol. The van der Waals surface area contributed by atoms with Crippen molar-refractivity contribution < 1.29 is 23.9 Å². The number of rotatable bonds is 7. The van der Waals surface area contributed by atoms with E-state index in [2.05, 4.69) is 0 Å². The van der Waals surface area contributed by atoms with E-state index in [4.69, 9.17) is 14.2 Å². The van der Waals surface area contributed by atoms with Crippen molar-refractivity contribution in [3.63, 3.8) is 0 Å². The van der Waals surface area contributed by atoms with Crippen molar-refractivity contribution in [2.24, 2.45) is 10.8 Å². The lowest BCUT2D eigenvalue weighted by Gasteiger charge is -2.52. The van der Waals surface area contributed by atoms with Crippen molar-refractivity contribution in [3.05, 3.63) is 28.3 Å². The molecule has 1 aliphatic rings. The molecule has 0 spiro atoms. The number of esters is 1. The van der Waals surface area contributed by atoms with Crippen molar-refractivity contribution in [1.82, 2.24) is 0 Å². The number of hydrogen-bond donors (Lipinski definition) is 0. The molecule has 1 saturated carbocycles. The van der Waals surface area contributed by atoms with E-state index in [-0.39, 0.29) is 17.1 Å². The summed E-state index contributed by atoms with van der Waals surface area (Å²) in [5.74, 6) is 0.573. The quantitative estimate of drug-likeness (QED) is 0.431. The van der Waals surface area contributed by atoms with Crippen LogP contribution in [0.25, 0.3) is 0 Å². The minimum atomic E-state index is -0.486. The van der Waals surface area contributed by atoms with E-state index in [1.54, 1.807) is 6.07 Å². The number of benzene rings is 1. The highest BCUT2D eigenvalue weighted by Gasteiger charge is 2.56. The third-order valence-corrected chi connectivity index (χ3v) is 4.72. The molecule has 0 saturated heterocycles. The Morgan fingerprint density at radius 2 is 1.88 bits per heavy atom. The van der Waals surface area contributed by atoms with Crippen LogP contribution in [0.2, 0.25) is 0 Å². The Morgan fingerprint density at radius 3 is 2.38 bits per heavy atom. The molecule has 1 fully saturated rings. The monoisotopic (exact) mass is 337 g/mol. The fourth-order valence-corrected chi connectivity index (χ4v) is 3.56. The van der Waals surface area contributed by atoms with Gasteiger partial charge in [0.1, 0.15) is 11.5 Å². The third kappa shape index (κ3) is 3.44. The average Bonchev–Trinajstić information content (AvgIpc) is 2.56. The molecule has 1 aliphatic carbocycles. The van der Waals surface area contributed by atoms with Crippen molar-refractivity contribution in [1.29, 1.82) is 0 Å². The van der Waals surface area contributed by atoms with Crippen LogP contribution in [-0.2, 0) is 9.53 Å². The normalized spacial score (nSPS) is 25.5. The van der Waals surface area contributed by atoms with Gasteiger partial charge in [-0.25, -0.2) is 0 Å². The molecule has 7 nitrogen and oxygen atoms in total. The molecular formula is C17H23NO6. The number of non-ortho nitro benzene ring substituents is 1. The summed E-state index contributed by atoms with van der Waals surface area (Å²) in [5.41, 5.74) is -0.685. The van der Waals surface area contributed by atoms with Gasteiger partial charge in [-0.1, -0.05) is 13.8 Å². The van der Waals surface area contributed by atoms with Crippen LogP contribution in [0.1, 0.15) is 33.1 Å². The van der Waals surface area contributed by atoms with Gasteiger partial charge in [-0.2, -0.15) is 0 Å². The van der Waals surface area contributed by atoms with Gasteiger partial charge in [-0.15, -0.1) is 0 Å². The molecule has 0 bridgehead atoms. The van der Waals surface area contributed by atoms with Crippen LogP contribution in [-0.4, -0.2) is 31.7 Å². The Morgan fingerprint density at radius 1 is 1.25 bits per heavy atom. The van der Waals surface area contributed by atoms with E-state index < -0.39 is 10.3 Å². The van der Waals surface area contributed by atoms with E-state index in [1.165, 1.54) is 26.4 Å². The highest BCUT2D eigenvalue weighted by Crippen LogP contribution is 2.57. The molecule has 0 radical (unpaired) electrons. The zero-order valence-corrected chi connectivity index (χ0v) is 14.5. The highest BCUT2D eigenvalue weighted by molar-refractivity contribution is 5.78. The van der Waals surface area contributed by atoms with Gasteiger partial charge in [0.25, 0.3) is 5.69 Å². The predicted octanol–water partition coefficient (Wildman–Crippen LogP) is 3.35. The number of carbonyl (C=O) groups is 1. The maximum absolute atomic E-state index is 12.0. The van der Waals surface area contributed by atoms with Gasteiger partial charge in [0.2, 0.25) is 0 Å². The molecule has 7 heteroatoms. The minimum Gasteiger partial charge on any atom is -0.496 e. The second kappa shape index (κ2) is 6.67. The zero-order valence-electron chi connectivity index (χ0n) is 14.5. The molecule has 0 amide bonds. The zero-order chi connectivity index (χ0) is 18.0. The van der Waals surface area contributed by atoms with E-state index in [0.717, 1.165) is 6.42 Å². The molecule has 0 aromatic heterocycles. The van der Waals surface area contributed by atoms with Crippen LogP contribution in [0.4, 0.5) is 5.69 Å². The first kappa shape index (κ1) is 18.0. The van der Waals surface area contributed by atoms with Crippen molar-refractivity contribution >= 4 is 11.7 Å². The standard InChI is InChI=1S/C17H23NO6/c1-5-17(15(19)23-4)9-16(2,10-17)11-24-14-7-12(18(20)21)6-13(8-14)22-3/h6-8H,5,9-11H2,1-4H3. The van der Waals surface area contributed by atoms with Crippen LogP contribution < -0.4 is 9.47 Å². The number of hydrogen-bond acceptors (Lipinski definition) is 6. The van der Waals surface area contributed by atoms with Crippen molar-refractivity contribution in [2.45, 2.75) is 33.1 Å². The Bertz CT molecular complexity index is 636. The maximum Gasteiger partial charge on any atom is 0.311 e. The van der Waals surface area contributed by atoms with Crippen molar-refractivity contribution in [3.8, 4) is 11.5 Å². The number of nitro benzene ring substituents is 1. The topological polar surface area (TPSA) is 87.9 Å². The lowest BCUT2D eigenvalue weighted by atomic mass is 9.52. The number of ether oxygens (including phenoxy) is 3. The second-order valence-corrected chi connectivity index (χ2v) is 6.70. The van der Waals surface area contributed by atoms with Gasteiger partial charge in [0.05, 0.1) is 43.3 Å². The molecule has 132 valence electrons. The molecule has 0 atom stereocenters. The Balaban J connectivity index is 2.05. The summed E-state index contributed by atoms with van der Waals surface area (Å²) in [4.78, 5) is 22.4. The first-order valence-corrected chi connectivity index (χ1v) is 7.82. The smallest absolute Gasteiger partial charge is 0.311 e. The van der Waals surface area contributed by atoms with Crippen LogP contribution in [0, 0.1) is 20.9 Å². The molecule has 0 unspecified atom stereocenters. The fraction of sp³-hybridized carbons (Fsp3) is 0.588. The molecular weight excluding hydrogens is 314 g/mol. The van der Waals surface area contributed by atoms with E-state index in [9.17, 15) is 14.9 Å². The maximum atomic E-state index is 12.0. The van der Waals surface area contributed by atoms with E-state index in [1.807, 2.05) is 13.8 Å². The van der Waals surface area contributed by atoms with Gasteiger partial charge in [-0.3, -0.25) is 14.9 Å². The van der Waals surface area contributed by atoms with Gasteiger partial charge < -0.3 is 14.2 Å². The van der Waals surface area contributed by atoms with E-state index in [0.29, 0.717) is 30.9 Å². The molecule has 1 aromatic rings. The first-order chi connectivity index (χ1) is 11.3. The fourth-order valence-electron chi connectivity index (χ4n) is 3.56. The summed E-state index contributed by atoms with van der Waals surface area (Å²) in [5, 5.41) is 11.0. The molecule has 24 heavy (non-hydrogen) atoms. The number of carbonyl (C=O) groups excluding carboxylic acids is 1. The second-order valence-electron chi connectivity index (χ2n) is 6.70. The van der Waals surface area contributed by atoms with Gasteiger partial charge in [0.15, 0.2) is 0 Å². The summed E-state index contributed by atoms with van der Waals surface area (Å²) in [7, 11) is 2.85. The van der Waals surface area contributed by atoms with Crippen LogP contribution in [0.5, 0.6) is 11.5 Å². The number of nitro groups is 1. The van der Waals surface area contributed by atoms with Gasteiger partial charge >= 0.3 is 5.97 Å². The van der Waals surface area contributed by atoms with Crippen LogP contribution in [0.3, 0.4) is 0 Å². The van der Waals surface area contributed by atoms with E-state index >= 15 is 0 Å². The summed E-state index contributed by atoms with van der Waals surface area (Å²) < 4.78 is 15.7. The molecule has 1 aromatic carbocycles. The number of nitrogens with zero attached hydrogens (tertiary/aromatic N) is 1. The average molecular weight is 337 g/mol. The SMILES string of the molecule is CCC1(C(=O)OC)CC(C)(COc2cc(OC)cc([N+](=O)[O-])c2)C1. The van der Waals surface area contributed by atoms with Crippen LogP contribution >= 0.6 is 0 Å². The summed E-state index contributed by atoms with van der Waals surface area (Å²) in [6, 6.07) is 4.33. The van der Waals surface area contributed by atoms with Gasteiger partial charge in [0, 0.05) is 11.5 Å². The summed E-state index contributed by atoms with van der Waals surface area (Å²) >= 11 is 0. The minimum absolute atomic E-state index is 0.0828. The Labute approximate surface area is 141 Å². The highest BCUT2D eigenvalue weighted by atomic mass is 16.6. The van der Waals surface area contributed by atoms with Crippen LogP contribution in [0.15, 0.2) is 18.2 Å². The molecule has 0 aliphatic heterocycles. The van der Waals surface area contributed by atoms with Gasteiger partial charge in [-0.05, 0) is 19.3 Å². The summed E-state index contributed by atoms with van der Waals surface area (Å²) in [6.07, 6.45) is 2.07. The number of methoxy groups -OCH3 is 2. The lowest BCUT2D eigenvalue weighted by molar-refractivity contribution is -0.385. The third-order valence-electron chi connectivity index (χ3n) is 4.72. The van der Waals surface area contributed by atoms with Crippen molar-refractivity contribution in [2.75, 3.05) is 20.8 Å². The molecule has 2 rings (SSSR count). The molecule has 0 heterocycles. The summed E-state index contributed by atoms with van der Waals surface area (Å²) in [6.45, 7) is 4.39. The lowest BCUT2D eigenvalue weighted by Crippen LogP contribution is -2.52.